The molecule has 0 spiro atoms. The fourth-order valence-electron chi connectivity index (χ4n) is 5.90. The maximum absolute atomic E-state index is 12.4. The van der Waals surface area contributed by atoms with E-state index in [9.17, 15) is 4.79 Å². The van der Waals surface area contributed by atoms with Crippen LogP contribution >= 0.6 is 0 Å². The fourth-order valence-corrected chi connectivity index (χ4v) is 5.90. The van der Waals surface area contributed by atoms with E-state index in [0.29, 0.717) is 18.0 Å². The van der Waals surface area contributed by atoms with E-state index in [1.807, 2.05) is 12.1 Å². The Kier molecular flexibility index (Phi) is 4.16. The van der Waals surface area contributed by atoms with Crippen molar-refractivity contribution >= 4 is 11.6 Å². The number of carbonyl (C=O) groups excluding carboxylic acids is 1. The second-order valence-corrected chi connectivity index (χ2v) is 9.01. The lowest BCUT2D eigenvalue weighted by atomic mass is 9.53. The number of nitrogens with two attached hydrogens (primary N) is 1. The van der Waals surface area contributed by atoms with Gasteiger partial charge in [0.25, 0.3) is 5.91 Å². The van der Waals surface area contributed by atoms with E-state index in [0.717, 1.165) is 23.4 Å². The average Bonchev–Trinajstić information content (AvgIpc) is 2.52. The molecule has 0 atom stereocenters. The SMILES string of the molecule is CC(C)c1ccc(NC(=O)C[NH2+]C23CC4CC(CC(C4)C2)C3)cc1. The molecule has 4 saturated carbocycles. The fraction of sp³-hybridized carbons (Fsp3) is 0.667. The molecule has 1 aromatic rings. The maximum atomic E-state index is 12.4. The van der Waals surface area contributed by atoms with Crippen LogP contribution in [0.2, 0.25) is 0 Å². The number of nitrogens with one attached hydrogen (secondary N) is 1. The molecule has 3 heteroatoms. The van der Waals surface area contributed by atoms with Crippen molar-refractivity contribution in [2.24, 2.45) is 17.8 Å². The number of amides is 1. The standard InChI is InChI=1S/C21H30N2O/c1-14(2)18-3-5-19(6-4-18)23-20(24)13-22-21-10-15-7-16(11-21)9-17(8-15)12-21/h3-6,14-17,22H,7-13H2,1-2H3,(H,23,24)/p+1. The van der Waals surface area contributed by atoms with Crippen LogP contribution in [0.3, 0.4) is 0 Å². The molecule has 4 aliphatic carbocycles. The van der Waals surface area contributed by atoms with E-state index in [1.54, 1.807) is 0 Å². The van der Waals surface area contributed by atoms with Crippen LogP contribution in [0.1, 0.15) is 63.9 Å². The molecule has 0 aromatic heterocycles. The Morgan fingerprint density at radius 1 is 1.08 bits per heavy atom. The minimum Gasteiger partial charge on any atom is -0.334 e. The summed E-state index contributed by atoms with van der Waals surface area (Å²) in [6, 6.07) is 8.28. The molecule has 4 fully saturated rings. The summed E-state index contributed by atoms with van der Waals surface area (Å²) in [6.45, 7) is 4.94. The average molecular weight is 327 g/mol. The topological polar surface area (TPSA) is 45.7 Å². The predicted octanol–water partition coefficient (Wildman–Crippen LogP) is 3.28. The van der Waals surface area contributed by atoms with Gasteiger partial charge < -0.3 is 10.6 Å². The van der Waals surface area contributed by atoms with Gasteiger partial charge in [-0.3, -0.25) is 4.79 Å². The molecular formula is C21H31N2O+. The van der Waals surface area contributed by atoms with Crippen molar-refractivity contribution in [3.05, 3.63) is 29.8 Å². The molecule has 0 saturated heterocycles. The highest BCUT2D eigenvalue weighted by molar-refractivity contribution is 5.91. The number of anilines is 1. The first-order valence-electron chi connectivity index (χ1n) is 9.75. The highest BCUT2D eigenvalue weighted by atomic mass is 16.1. The van der Waals surface area contributed by atoms with Crippen LogP contribution in [0.15, 0.2) is 24.3 Å². The Morgan fingerprint density at radius 3 is 2.12 bits per heavy atom. The van der Waals surface area contributed by atoms with Crippen molar-refractivity contribution in [3.8, 4) is 0 Å². The van der Waals surface area contributed by atoms with Gasteiger partial charge in [0.05, 0.1) is 5.54 Å². The van der Waals surface area contributed by atoms with Crippen molar-refractivity contribution in [3.63, 3.8) is 0 Å². The molecule has 0 aliphatic heterocycles. The largest absolute Gasteiger partial charge is 0.334 e. The van der Waals surface area contributed by atoms with Crippen LogP contribution in [0, 0.1) is 17.8 Å². The lowest BCUT2D eigenvalue weighted by Crippen LogP contribution is -3.00. The smallest absolute Gasteiger partial charge is 0.279 e. The molecule has 1 aromatic carbocycles. The van der Waals surface area contributed by atoms with Gasteiger partial charge in [-0.15, -0.1) is 0 Å². The second-order valence-electron chi connectivity index (χ2n) is 9.01. The molecule has 0 heterocycles. The van der Waals surface area contributed by atoms with Crippen molar-refractivity contribution < 1.29 is 10.1 Å². The monoisotopic (exact) mass is 327 g/mol. The van der Waals surface area contributed by atoms with Gasteiger partial charge in [-0.05, 0) is 60.6 Å². The summed E-state index contributed by atoms with van der Waals surface area (Å²) in [5, 5.41) is 5.45. The van der Waals surface area contributed by atoms with Gasteiger partial charge in [-0.1, -0.05) is 26.0 Å². The molecule has 0 radical (unpaired) electrons. The van der Waals surface area contributed by atoms with Gasteiger partial charge in [-0.25, -0.2) is 0 Å². The van der Waals surface area contributed by atoms with Gasteiger partial charge in [0.15, 0.2) is 6.54 Å². The first kappa shape index (κ1) is 16.1. The number of hydrogen-bond acceptors (Lipinski definition) is 1. The van der Waals surface area contributed by atoms with Crippen LogP contribution in [-0.2, 0) is 4.79 Å². The highest BCUT2D eigenvalue weighted by Crippen LogP contribution is 2.54. The van der Waals surface area contributed by atoms with Crippen LogP contribution < -0.4 is 10.6 Å². The van der Waals surface area contributed by atoms with Gasteiger partial charge in [0, 0.05) is 24.9 Å². The zero-order valence-corrected chi connectivity index (χ0v) is 15.1. The van der Waals surface area contributed by atoms with Crippen LogP contribution in [0.5, 0.6) is 0 Å². The highest BCUT2D eigenvalue weighted by Gasteiger charge is 2.53. The third-order valence-electron chi connectivity index (χ3n) is 6.67. The summed E-state index contributed by atoms with van der Waals surface area (Å²) >= 11 is 0. The van der Waals surface area contributed by atoms with Crippen molar-refractivity contribution in [1.29, 1.82) is 0 Å². The normalized spacial score (nSPS) is 33.9. The first-order valence-corrected chi connectivity index (χ1v) is 9.75. The van der Waals surface area contributed by atoms with E-state index in [2.05, 4.69) is 36.6 Å². The lowest BCUT2D eigenvalue weighted by molar-refractivity contribution is -0.729. The van der Waals surface area contributed by atoms with E-state index < -0.39 is 0 Å². The minimum atomic E-state index is 0.142. The maximum Gasteiger partial charge on any atom is 0.279 e. The Morgan fingerprint density at radius 2 is 1.62 bits per heavy atom. The molecule has 130 valence electrons. The van der Waals surface area contributed by atoms with Gasteiger partial charge in [0.2, 0.25) is 0 Å². The van der Waals surface area contributed by atoms with E-state index in [-0.39, 0.29) is 5.91 Å². The lowest BCUT2D eigenvalue weighted by Gasteiger charge is -2.54. The summed E-state index contributed by atoms with van der Waals surface area (Å²) in [7, 11) is 0. The summed E-state index contributed by atoms with van der Waals surface area (Å²) in [4.78, 5) is 12.4. The van der Waals surface area contributed by atoms with Gasteiger partial charge in [-0.2, -0.15) is 0 Å². The molecule has 0 unspecified atom stereocenters. The van der Waals surface area contributed by atoms with E-state index in [1.165, 1.54) is 44.1 Å². The Balaban J connectivity index is 1.32. The molecule has 4 aliphatic rings. The van der Waals surface area contributed by atoms with Gasteiger partial charge in [0.1, 0.15) is 0 Å². The quantitative estimate of drug-likeness (QED) is 0.856. The Labute approximate surface area is 145 Å². The predicted molar refractivity (Wildman–Crippen MR) is 96.9 cm³/mol. The zero-order valence-electron chi connectivity index (χ0n) is 15.1. The summed E-state index contributed by atoms with van der Waals surface area (Å²) in [5.74, 6) is 3.50. The Hall–Kier alpha value is -1.35. The number of quaternary nitrogens is 1. The molecule has 4 bridgehead atoms. The Bertz CT molecular complexity index is 569. The molecular weight excluding hydrogens is 296 g/mol. The third-order valence-corrected chi connectivity index (χ3v) is 6.67. The molecule has 3 N–H and O–H groups in total. The number of carbonyl (C=O) groups is 1. The third kappa shape index (κ3) is 3.23. The first-order chi connectivity index (χ1) is 11.5. The number of benzene rings is 1. The van der Waals surface area contributed by atoms with Crippen LogP contribution in [0.25, 0.3) is 0 Å². The number of hydrogen-bond donors (Lipinski definition) is 2. The van der Waals surface area contributed by atoms with Crippen molar-refractivity contribution in [1.82, 2.24) is 0 Å². The molecule has 1 amide bonds. The van der Waals surface area contributed by atoms with Crippen LogP contribution in [0.4, 0.5) is 5.69 Å². The van der Waals surface area contributed by atoms with Gasteiger partial charge >= 0.3 is 0 Å². The van der Waals surface area contributed by atoms with E-state index in [4.69, 9.17) is 0 Å². The molecule has 24 heavy (non-hydrogen) atoms. The van der Waals surface area contributed by atoms with E-state index >= 15 is 0 Å². The van der Waals surface area contributed by atoms with Crippen LogP contribution in [-0.4, -0.2) is 18.0 Å². The zero-order chi connectivity index (χ0) is 16.7. The van der Waals surface area contributed by atoms with Crippen molar-refractivity contribution in [2.75, 3.05) is 11.9 Å². The summed E-state index contributed by atoms with van der Waals surface area (Å²) in [6.07, 6.45) is 8.41. The molecule has 5 rings (SSSR count). The second kappa shape index (κ2) is 6.18. The number of rotatable bonds is 5. The summed E-state index contributed by atoms with van der Waals surface area (Å²) in [5.41, 5.74) is 2.62. The van der Waals surface area contributed by atoms with Crippen molar-refractivity contribution in [2.45, 2.75) is 63.8 Å². The molecule has 3 nitrogen and oxygen atoms in total. The summed E-state index contributed by atoms with van der Waals surface area (Å²) < 4.78 is 0. The minimum absolute atomic E-state index is 0.142.